The molecule has 0 unspecified atom stereocenters. The fourth-order valence-corrected chi connectivity index (χ4v) is 4.89. The Hall–Kier alpha value is -4.21. The van der Waals surface area contributed by atoms with Gasteiger partial charge in [0.1, 0.15) is 11.8 Å². The van der Waals surface area contributed by atoms with E-state index in [0.717, 1.165) is 29.5 Å². The van der Waals surface area contributed by atoms with Gasteiger partial charge in [-0.1, -0.05) is 30.3 Å². The number of carboxylic acid groups (broad SMARTS) is 1. The van der Waals surface area contributed by atoms with Crippen LogP contribution in [0.3, 0.4) is 0 Å². The predicted molar refractivity (Wildman–Crippen MR) is 140 cm³/mol. The molecule has 0 bridgehead atoms. The van der Waals surface area contributed by atoms with Gasteiger partial charge < -0.3 is 26.0 Å². The van der Waals surface area contributed by atoms with Crippen molar-refractivity contribution < 1.29 is 29.3 Å². The first kappa shape index (κ1) is 25.4. The van der Waals surface area contributed by atoms with Crippen LogP contribution in [0, 0.1) is 0 Å². The highest BCUT2D eigenvalue weighted by atomic mass is 16.5. The molecular weight excluding hydrogens is 486 g/mol. The monoisotopic (exact) mass is 515 g/mol. The molecule has 5 rings (SSSR count). The maximum Gasteiger partial charge on any atom is 0.335 e. The molecule has 1 aliphatic heterocycles. The highest BCUT2D eigenvalue weighted by molar-refractivity contribution is 5.93. The summed E-state index contributed by atoms with van der Waals surface area (Å²) in [5.41, 5.74) is 8.62. The number of hydrogen-bond donors (Lipinski definition) is 4. The van der Waals surface area contributed by atoms with E-state index in [4.69, 9.17) is 15.6 Å². The van der Waals surface area contributed by atoms with Crippen LogP contribution < -0.4 is 11.1 Å². The topological polar surface area (TPSA) is 142 Å². The number of carbonyl (C=O) groups is 3. The van der Waals surface area contributed by atoms with Crippen molar-refractivity contribution in [1.82, 2.24) is 10.2 Å². The number of nitrogens with two attached hydrogens (primary N) is 1. The summed E-state index contributed by atoms with van der Waals surface area (Å²) in [5.74, 6) is -1.52. The van der Waals surface area contributed by atoms with Gasteiger partial charge in [0.2, 0.25) is 11.8 Å². The fourth-order valence-electron chi connectivity index (χ4n) is 4.89. The van der Waals surface area contributed by atoms with Crippen LogP contribution >= 0.6 is 0 Å². The highest BCUT2D eigenvalue weighted by Gasteiger charge is 2.47. The number of aromatic hydroxyl groups is 1. The summed E-state index contributed by atoms with van der Waals surface area (Å²) in [6, 6.07) is 18.2. The number of primary amides is 1. The number of carboxylic acids is 1. The van der Waals surface area contributed by atoms with Crippen LogP contribution in [0.4, 0.5) is 0 Å². The Morgan fingerprint density at radius 2 is 1.68 bits per heavy atom. The minimum atomic E-state index is -0.986. The molecule has 0 aromatic heterocycles. The molecule has 1 aliphatic carbocycles. The third-order valence-electron chi connectivity index (χ3n) is 7.27. The number of morpholine rings is 1. The lowest BCUT2D eigenvalue weighted by atomic mass is 9.99. The molecule has 0 spiro atoms. The van der Waals surface area contributed by atoms with E-state index in [2.05, 4.69) is 10.2 Å². The maximum atomic E-state index is 13.4. The minimum Gasteiger partial charge on any atom is -0.507 e. The number of hydrogen-bond acceptors (Lipinski definition) is 6. The van der Waals surface area contributed by atoms with E-state index < -0.39 is 23.5 Å². The number of benzene rings is 3. The molecule has 1 saturated carbocycles. The van der Waals surface area contributed by atoms with E-state index in [-0.39, 0.29) is 23.8 Å². The quantitative estimate of drug-likeness (QED) is 0.361. The largest absolute Gasteiger partial charge is 0.507 e. The molecule has 1 atom stereocenters. The van der Waals surface area contributed by atoms with Crippen molar-refractivity contribution >= 4 is 17.8 Å². The summed E-state index contributed by atoms with van der Waals surface area (Å²) in [4.78, 5) is 38.1. The normalized spacial score (nSPS) is 18.5. The zero-order valence-corrected chi connectivity index (χ0v) is 20.7. The zero-order valence-electron chi connectivity index (χ0n) is 20.7. The van der Waals surface area contributed by atoms with Gasteiger partial charge in [0.15, 0.2) is 0 Å². The summed E-state index contributed by atoms with van der Waals surface area (Å²) in [5, 5.41) is 22.8. The molecule has 1 heterocycles. The second kappa shape index (κ2) is 10.3. The zero-order chi connectivity index (χ0) is 26.9. The van der Waals surface area contributed by atoms with E-state index in [9.17, 15) is 19.5 Å². The first-order valence-corrected chi connectivity index (χ1v) is 12.5. The second-order valence-corrected chi connectivity index (χ2v) is 9.81. The summed E-state index contributed by atoms with van der Waals surface area (Å²) < 4.78 is 5.65. The number of phenolic OH excluding ortho intramolecular Hbond substituents is 1. The van der Waals surface area contributed by atoms with Gasteiger partial charge >= 0.3 is 5.97 Å². The lowest BCUT2D eigenvalue weighted by molar-refractivity contribution is -0.134. The van der Waals surface area contributed by atoms with Gasteiger partial charge in [-0.15, -0.1) is 0 Å². The van der Waals surface area contributed by atoms with Gasteiger partial charge in [-0.25, -0.2) is 4.79 Å². The molecule has 3 aromatic carbocycles. The number of rotatable bonds is 8. The van der Waals surface area contributed by atoms with Crippen LogP contribution in [0.5, 0.6) is 5.75 Å². The smallest absolute Gasteiger partial charge is 0.335 e. The Labute approximate surface area is 219 Å². The highest BCUT2D eigenvalue weighted by Crippen LogP contribution is 2.45. The van der Waals surface area contributed by atoms with Crippen molar-refractivity contribution in [3.05, 3.63) is 89.0 Å². The van der Waals surface area contributed by atoms with Gasteiger partial charge in [-0.05, 0) is 65.9 Å². The van der Waals surface area contributed by atoms with E-state index in [1.807, 2.05) is 12.1 Å². The van der Waals surface area contributed by atoms with Crippen LogP contribution in [-0.4, -0.2) is 58.7 Å². The van der Waals surface area contributed by atoms with Crippen molar-refractivity contribution in [1.29, 1.82) is 0 Å². The van der Waals surface area contributed by atoms with E-state index in [1.165, 1.54) is 0 Å². The summed E-state index contributed by atoms with van der Waals surface area (Å²) in [6.45, 7) is 1.82. The molecule has 1 saturated heterocycles. The number of ether oxygens (including phenoxy) is 1. The number of nitrogens with zero attached hydrogens (tertiary/aromatic N) is 1. The van der Waals surface area contributed by atoms with Crippen LogP contribution in [0.15, 0.2) is 66.7 Å². The molecule has 38 heavy (non-hydrogen) atoms. The Bertz CT molecular complexity index is 1370. The van der Waals surface area contributed by atoms with Crippen molar-refractivity contribution in [2.24, 2.45) is 5.73 Å². The van der Waals surface area contributed by atoms with E-state index in [0.29, 0.717) is 30.8 Å². The number of amides is 2. The number of carbonyl (C=O) groups excluding carboxylic acids is 2. The Balaban J connectivity index is 1.31. The Morgan fingerprint density at radius 1 is 1.00 bits per heavy atom. The number of nitrogens with one attached hydrogen (secondary N) is 1. The van der Waals surface area contributed by atoms with Crippen LogP contribution in [0.1, 0.15) is 44.7 Å². The number of phenols is 1. The molecular formula is C29H29N3O6. The average molecular weight is 516 g/mol. The lowest BCUT2D eigenvalue weighted by Gasteiger charge is -2.35. The third-order valence-corrected chi connectivity index (χ3v) is 7.27. The first-order valence-electron chi connectivity index (χ1n) is 12.5. The van der Waals surface area contributed by atoms with Crippen molar-refractivity contribution in [2.75, 3.05) is 19.8 Å². The molecule has 9 heteroatoms. The van der Waals surface area contributed by atoms with Crippen molar-refractivity contribution in [3.63, 3.8) is 0 Å². The van der Waals surface area contributed by atoms with E-state index >= 15 is 0 Å². The predicted octanol–water partition coefficient (Wildman–Crippen LogP) is 2.86. The van der Waals surface area contributed by atoms with Crippen LogP contribution in [-0.2, 0) is 21.6 Å². The lowest BCUT2D eigenvalue weighted by Crippen LogP contribution is -2.55. The molecule has 9 nitrogen and oxygen atoms in total. The summed E-state index contributed by atoms with van der Waals surface area (Å²) >= 11 is 0. The second-order valence-electron chi connectivity index (χ2n) is 9.81. The molecule has 3 aromatic rings. The molecule has 0 radical (unpaired) electrons. The number of aromatic carboxylic acids is 1. The van der Waals surface area contributed by atoms with Gasteiger partial charge in [-0.2, -0.15) is 0 Å². The molecule has 196 valence electrons. The van der Waals surface area contributed by atoms with Gasteiger partial charge in [-0.3, -0.25) is 14.5 Å². The van der Waals surface area contributed by atoms with Crippen LogP contribution in [0.25, 0.3) is 11.1 Å². The fraction of sp³-hybridized carbons (Fsp3) is 0.276. The Morgan fingerprint density at radius 3 is 2.32 bits per heavy atom. The van der Waals surface area contributed by atoms with E-state index in [1.54, 1.807) is 54.6 Å². The van der Waals surface area contributed by atoms with Gasteiger partial charge in [0.25, 0.3) is 0 Å². The summed E-state index contributed by atoms with van der Waals surface area (Å²) in [6.07, 6.45) is 1.57. The first-order chi connectivity index (χ1) is 18.3. The van der Waals surface area contributed by atoms with Gasteiger partial charge in [0, 0.05) is 24.2 Å². The van der Waals surface area contributed by atoms with Crippen LogP contribution in [0.2, 0.25) is 0 Å². The third kappa shape index (κ3) is 5.25. The van der Waals surface area contributed by atoms with Crippen molar-refractivity contribution in [2.45, 2.75) is 31.0 Å². The standard InChI is InChI=1S/C29H29N3O6/c30-26(34)20-4-2-19(3-5-20)23-15-18(1-10-25(23)33)16-32-13-14-38-17-24(32)27(35)31-29(11-12-29)22-8-6-21(7-9-22)28(36)37/h1-10,15,24,33H,11-14,16-17H2,(H2,30,34)(H,31,35)(H,36,37)/t24-/m1/s1. The summed E-state index contributed by atoms with van der Waals surface area (Å²) in [7, 11) is 0. The molecule has 2 amide bonds. The molecule has 2 aliphatic rings. The van der Waals surface area contributed by atoms with Gasteiger partial charge in [0.05, 0.1) is 24.3 Å². The van der Waals surface area contributed by atoms with Crippen molar-refractivity contribution in [3.8, 4) is 16.9 Å². The molecule has 2 fully saturated rings. The Kier molecular flexibility index (Phi) is 6.88. The molecule has 5 N–H and O–H groups in total. The minimum absolute atomic E-state index is 0.112. The average Bonchev–Trinajstić information content (AvgIpc) is 3.70. The maximum absolute atomic E-state index is 13.4. The SMILES string of the molecule is NC(=O)c1ccc(-c2cc(CN3CCOC[C@@H]3C(=O)NC3(c4ccc(C(=O)O)cc4)CC3)ccc2O)cc1.